The summed E-state index contributed by atoms with van der Waals surface area (Å²) in [5.74, 6) is 1.30. The maximum atomic E-state index is 13.8. The molecule has 0 atom stereocenters. The average Bonchev–Trinajstić information content (AvgIpc) is 3.06. The van der Waals surface area contributed by atoms with Crippen LogP contribution in [0.25, 0.3) is 11.3 Å². The maximum Gasteiger partial charge on any atom is 0.361 e. The van der Waals surface area contributed by atoms with Crippen molar-refractivity contribution >= 4 is 17.7 Å². The molecule has 0 radical (unpaired) electrons. The molecular weight excluding hydrogens is 331 g/mol. The van der Waals surface area contributed by atoms with Crippen molar-refractivity contribution in [2.75, 3.05) is 31.2 Å². The minimum atomic E-state index is -0.536. The zero-order valence-electron chi connectivity index (χ0n) is 13.4. The fourth-order valence-electron chi connectivity index (χ4n) is 2.68. The van der Waals surface area contributed by atoms with E-state index >= 15 is 0 Å². The fraction of sp³-hybridized carbons (Fsp3) is 0.438. The average molecular weight is 350 g/mol. The molecule has 8 heteroatoms. The zero-order chi connectivity index (χ0) is 16.9. The number of aromatic nitrogens is 3. The molecule has 0 bridgehead atoms. The number of hydrogen-bond acceptors (Lipinski definition) is 6. The van der Waals surface area contributed by atoms with Gasteiger partial charge in [-0.15, -0.1) is 5.10 Å². The van der Waals surface area contributed by atoms with E-state index in [9.17, 15) is 9.18 Å². The summed E-state index contributed by atoms with van der Waals surface area (Å²) in [4.78, 5) is 14.3. The highest BCUT2D eigenvalue weighted by Gasteiger charge is 2.22. The summed E-state index contributed by atoms with van der Waals surface area (Å²) in [6, 6.07) is 4.51. The van der Waals surface area contributed by atoms with Gasteiger partial charge in [0.2, 0.25) is 0 Å². The number of H-pyrrole nitrogens is 1. The summed E-state index contributed by atoms with van der Waals surface area (Å²) >= 11 is 1.92. The molecule has 6 nitrogen and oxygen atoms in total. The molecule has 1 N–H and O–H groups in total. The van der Waals surface area contributed by atoms with Crippen LogP contribution < -0.4 is 0 Å². The van der Waals surface area contributed by atoms with Crippen LogP contribution in [0.3, 0.4) is 0 Å². The Kier molecular flexibility index (Phi) is 5.47. The third-order valence-corrected chi connectivity index (χ3v) is 4.78. The van der Waals surface area contributed by atoms with Crippen LogP contribution in [0.2, 0.25) is 0 Å². The first-order valence-corrected chi connectivity index (χ1v) is 9.01. The van der Waals surface area contributed by atoms with Crippen LogP contribution in [0, 0.1) is 5.82 Å². The van der Waals surface area contributed by atoms with E-state index < -0.39 is 5.97 Å². The molecule has 1 aromatic heterocycles. The van der Waals surface area contributed by atoms with Crippen molar-refractivity contribution in [3.8, 4) is 11.3 Å². The van der Waals surface area contributed by atoms with Gasteiger partial charge in [0.1, 0.15) is 11.5 Å². The molecule has 24 heavy (non-hydrogen) atoms. The third kappa shape index (κ3) is 3.76. The normalized spacial score (nSPS) is 15.4. The molecule has 0 saturated carbocycles. The van der Waals surface area contributed by atoms with Crippen molar-refractivity contribution in [3.05, 3.63) is 35.3 Å². The van der Waals surface area contributed by atoms with E-state index in [4.69, 9.17) is 4.74 Å². The number of esters is 1. The highest BCUT2D eigenvalue weighted by atomic mass is 32.2. The van der Waals surface area contributed by atoms with Crippen LogP contribution in [-0.2, 0) is 11.3 Å². The highest BCUT2D eigenvalue weighted by Crippen LogP contribution is 2.27. The second-order valence-corrected chi connectivity index (χ2v) is 6.66. The minimum absolute atomic E-state index is 0.124. The van der Waals surface area contributed by atoms with Gasteiger partial charge in [0.25, 0.3) is 0 Å². The number of rotatable bonds is 5. The first-order valence-electron chi connectivity index (χ1n) is 7.86. The number of hydrogen-bond donors (Lipinski definition) is 1. The predicted octanol–water partition coefficient (Wildman–Crippen LogP) is 2.34. The Morgan fingerprint density at radius 2 is 2.17 bits per heavy atom. The number of nitrogens with one attached hydrogen (secondary N) is 1. The Hall–Kier alpha value is -1.93. The monoisotopic (exact) mass is 350 g/mol. The molecule has 128 valence electrons. The molecule has 1 aliphatic rings. The second kappa shape index (κ2) is 7.76. The Bertz CT molecular complexity index is 716. The topological polar surface area (TPSA) is 71.1 Å². The molecule has 2 heterocycles. The van der Waals surface area contributed by atoms with Gasteiger partial charge in [0, 0.05) is 36.7 Å². The molecule has 0 aliphatic carbocycles. The maximum absolute atomic E-state index is 13.8. The number of aromatic amines is 1. The number of ether oxygens (including phenoxy) is 1. The van der Waals surface area contributed by atoms with Crippen LogP contribution >= 0.6 is 11.8 Å². The lowest BCUT2D eigenvalue weighted by molar-refractivity contribution is 0.0520. The SMILES string of the molecule is CCOC(=O)c1n[nH]nc1-c1ccc(F)cc1CN1CCSCC1. The second-order valence-electron chi connectivity index (χ2n) is 5.43. The summed E-state index contributed by atoms with van der Waals surface area (Å²) in [6.07, 6.45) is 0. The van der Waals surface area contributed by atoms with E-state index in [-0.39, 0.29) is 18.1 Å². The smallest absolute Gasteiger partial charge is 0.361 e. The van der Waals surface area contributed by atoms with Crippen molar-refractivity contribution < 1.29 is 13.9 Å². The minimum Gasteiger partial charge on any atom is -0.461 e. The van der Waals surface area contributed by atoms with Crippen molar-refractivity contribution in [1.29, 1.82) is 0 Å². The summed E-state index contributed by atoms with van der Waals surface area (Å²) in [5.41, 5.74) is 2.02. The Morgan fingerprint density at radius 1 is 1.38 bits per heavy atom. The third-order valence-electron chi connectivity index (χ3n) is 3.84. The zero-order valence-corrected chi connectivity index (χ0v) is 14.2. The van der Waals surface area contributed by atoms with Gasteiger partial charge >= 0.3 is 5.97 Å². The van der Waals surface area contributed by atoms with Crippen LogP contribution in [0.4, 0.5) is 4.39 Å². The summed E-state index contributed by atoms with van der Waals surface area (Å²) in [7, 11) is 0. The lowest BCUT2D eigenvalue weighted by Gasteiger charge is -2.26. The van der Waals surface area contributed by atoms with E-state index in [1.807, 2.05) is 11.8 Å². The van der Waals surface area contributed by atoms with Gasteiger partial charge in [-0.25, -0.2) is 9.18 Å². The van der Waals surface area contributed by atoms with Gasteiger partial charge in [-0.2, -0.15) is 22.1 Å². The first kappa shape index (κ1) is 16.9. The van der Waals surface area contributed by atoms with Gasteiger partial charge in [-0.3, -0.25) is 4.90 Å². The Balaban J connectivity index is 1.93. The predicted molar refractivity (Wildman–Crippen MR) is 90.3 cm³/mol. The molecular formula is C16H19FN4O2S. The van der Waals surface area contributed by atoms with Crippen molar-refractivity contribution in [2.45, 2.75) is 13.5 Å². The first-order chi connectivity index (χ1) is 11.7. The molecule has 2 aromatic rings. The lowest BCUT2D eigenvalue weighted by atomic mass is 10.0. The summed E-state index contributed by atoms with van der Waals surface area (Å²) < 4.78 is 18.8. The van der Waals surface area contributed by atoms with Crippen LogP contribution in [0.1, 0.15) is 23.0 Å². The standard InChI is InChI=1S/C16H19FN4O2S/c1-2-23-16(22)15-14(18-20-19-15)13-4-3-12(17)9-11(13)10-21-5-7-24-8-6-21/h3-4,9H,2,5-8,10H2,1H3,(H,18,19,20). The molecule has 0 spiro atoms. The van der Waals surface area contributed by atoms with Crippen molar-refractivity contribution in [2.24, 2.45) is 0 Å². The quantitative estimate of drug-likeness (QED) is 0.835. The number of benzene rings is 1. The van der Waals surface area contributed by atoms with E-state index in [1.165, 1.54) is 12.1 Å². The van der Waals surface area contributed by atoms with Gasteiger partial charge in [0.15, 0.2) is 5.69 Å². The molecule has 1 aromatic carbocycles. The molecule has 0 amide bonds. The van der Waals surface area contributed by atoms with E-state index in [0.717, 1.165) is 30.2 Å². The number of halogens is 1. The highest BCUT2D eigenvalue weighted by molar-refractivity contribution is 7.99. The van der Waals surface area contributed by atoms with Crippen LogP contribution in [-0.4, -0.2) is 57.5 Å². The van der Waals surface area contributed by atoms with Gasteiger partial charge < -0.3 is 4.74 Å². The molecule has 0 unspecified atom stereocenters. The number of carbonyl (C=O) groups is 1. The van der Waals surface area contributed by atoms with E-state index in [0.29, 0.717) is 17.8 Å². The van der Waals surface area contributed by atoms with Crippen molar-refractivity contribution in [1.82, 2.24) is 20.3 Å². The van der Waals surface area contributed by atoms with E-state index in [2.05, 4.69) is 20.3 Å². The molecule has 1 saturated heterocycles. The molecule has 1 fully saturated rings. The largest absolute Gasteiger partial charge is 0.461 e. The fourth-order valence-corrected chi connectivity index (χ4v) is 3.66. The van der Waals surface area contributed by atoms with Crippen LogP contribution in [0.15, 0.2) is 18.2 Å². The van der Waals surface area contributed by atoms with Gasteiger partial charge in [-0.05, 0) is 30.7 Å². The Labute approximate surface area is 143 Å². The molecule has 3 rings (SSSR count). The molecule has 1 aliphatic heterocycles. The van der Waals surface area contributed by atoms with Gasteiger partial charge in [0.05, 0.1) is 6.61 Å². The van der Waals surface area contributed by atoms with Gasteiger partial charge in [-0.1, -0.05) is 0 Å². The Morgan fingerprint density at radius 3 is 2.92 bits per heavy atom. The number of thioether (sulfide) groups is 1. The summed E-state index contributed by atoms with van der Waals surface area (Å²) in [6.45, 7) is 4.53. The summed E-state index contributed by atoms with van der Waals surface area (Å²) in [5, 5.41) is 10.5. The number of nitrogens with zero attached hydrogens (tertiary/aromatic N) is 3. The van der Waals surface area contributed by atoms with E-state index in [1.54, 1.807) is 13.0 Å². The van der Waals surface area contributed by atoms with Crippen molar-refractivity contribution in [3.63, 3.8) is 0 Å². The van der Waals surface area contributed by atoms with Crippen LogP contribution in [0.5, 0.6) is 0 Å². The lowest BCUT2D eigenvalue weighted by Crippen LogP contribution is -2.32. The number of carbonyl (C=O) groups excluding carboxylic acids is 1.